The molecule has 0 spiro atoms. The van der Waals surface area contributed by atoms with Crippen molar-refractivity contribution in [1.29, 1.82) is 0 Å². The smallest absolute Gasteiger partial charge is 0.270 e. The molecule has 0 heterocycles. The largest absolute Gasteiger partial charge is 0.511 e. The topological polar surface area (TPSA) is 115 Å². The molecule has 0 atom stereocenters. The summed E-state index contributed by atoms with van der Waals surface area (Å²) < 4.78 is 65.5. The van der Waals surface area contributed by atoms with Gasteiger partial charge in [-0.2, -0.15) is 13.2 Å². The van der Waals surface area contributed by atoms with E-state index in [1.807, 2.05) is 0 Å². The van der Waals surface area contributed by atoms with Crippen molar-refractivity contribution in [3.63, 3.8) is 0 Å². The molecule has 11 heteroatoms. The van der Waals surface area contributed by atoms with Crippen molar-refractivity contribution in [1.82, 2.24) is 4.49 Å². The van der Waals surface area contributed by atoms with Crippen LogP contribution in [-0.2, 0) is 14.6 Å². The van der Waals surface area contributed by atoms with Crippen molar-refractivity contribution >= 4 is 17.6 Å². The Hall–Kier alpha value is -0.150. The van der Waals surface area contributed by atoms with Crippen LogP contribution in [0.5, 0.6) is 0 Å². The number of rotatable bonds is 2. The van der Waals surface area contributed by atoms with E-state index in [0.29, 0.717) is 4.49 Å². The molecule has 0 rings (SSSR count). The summed E-state index contributed by atoms with van der Waals surface area (Å²) in [5.74, 6) is 0. The van der Waals surface area contributed by atoms with Gasteiger partial charge in [0, 0.05) is 0 Å². The second kappa shape index (κ2) is 2.96. The third-order valence-corrected chi connectivity index (χ3v) is 3.28. The molecule has 0 saturated heterocycles. The highest BCUT2D eigenvalue weighted by molar-refractivity contribution is 7.96. The van der Waals surface area contributed by atoms with E-state index < -0.39 is 23.1 Å². The SMILES string of the molecule is NP(N)(=O)NS(=O)(=O)C(F)(F)F. The zero-order chi connectivity index (χ0) is 10.2. The first-order valence-corrected chi connectivity index (χ1v) is 5.56. The predicted molar refractivity (Wildman–Crippen MR) is 34.1 cm³/mol. The normalized spacial score (nSPS) is 14.8. The Kier molecular flexibility index (Phi) is 2.93. The Morgan fingerprint density at radius 3 is 1.67 bits per heavy atom. The molecule has 0 aromatic carbocycles. The van der Waals surface area contributed by atoms with Crippen molar-refractivity contribution in [2.45, 2.75) is 5.51 Å². The van der Waals surface area contributed by atoms with Crippen LogP contribution in [0.2, 0.25) is 0 Å². The fourth-order valence-electron chi connectivity index (χ4n) is 0.240. The van der Waals surface area contributed by atoms with Gasteiger partial charge in [0.15, 0.2) is 0 Å². The molecule has 0 bridgehead atoms. The number of hydrogen-bond donors (Lipinski definition) is 3. The third-order valence-electron chi connectivity index (χ3n) is 0.568. The number of alkyl halides is 3. The highest BCUT2D eigenvalue weighted by atomic mass is 32.2. The minimum atomic E-state index is -5.72. The summed E-state index contributed by atoms with van der Waals surface area (Å²) in [7, 11) is -10.2. The summed E-state index contributed by atoms with van der Waals surface area (Å²) in [6.07, 6.45) is 0. The lowest BCUT2D eigenvalue weighted by atomic mass is 11.6. The van der Waals surface area contributed by atoms with Crippen molar-refractivity contribution in [2.75, 3.05) is 0 Å². The number of nitrogens with two attached hydrogens (primary N) is 2. The summed E-state index contributed by atoms with van der Waals surface area (Å²) in [6.45, 7) is 0. The summed E-state index contributed by atoms with van der Waals surface area (Å²) in [5.41, 5.74) is 3.15. The standard InChI is InChI=1S/CH5F3N3O3PS/c2-1(3,4)12(9,10)7-11(5,6)8/h(H5,5,6,7,8). The molecule has 0 aromatic heterocycles. The number of nitrogens with one attached hydrogen (secondary N) is 1. The monoisotopic (exact) mass is 227 g/mol. The average Bonchev–Trinajstić information content (AvgIpc) is 1.52. The summed E-state index contributed by atoms with van der Waals surface area (Å²) in [6, 6.07) is 0. The van der Waals surface area contributed by atoms with Gasteiger partial charge in [0.25, 0.3) is 7.59 Å². The van der Waals surface area contributed by atoms with Crippen LogP contribution in [0.15, 0.2) is 0 Å². The first-order chi connectivity index (χ1) is 4.96. The Balaban J connectivity index is 4.83. The molecule has 0 amide bonds. The minimum Gasteiger partial charge on any atom is -0.270 e. The predicted octanol–water partition coefficient (Wildman–Crippen LogP) is -0.549. The van der Waals surface area contributed by atoms with Crippen molar-refractivity contribution in [3.8, 4) is 0 Å². The molecule has 0 saturated carbocycles. The van der Waals surface area contributed by atoms with Gasteiger partial charge in [-0.15, -0.1) is 4.49 Å². The van der Waals surface area contributed by atoms with Gasteiger partial charge >= 0.3 is 15.5 Å². The molecule has 0 aromatic rings. The van der Waals surface area contributed by atoms with Crippen LogP contribution >= 0.6 is 7.59 Å². The molecule has 0 aliphatic rings. The molecule has 0 aliphatic carbocycles. The molecule has 0 fully saturated rings. The fraction of sp³-hybridized carbons (Fsp3) is 1.00. The molecule has 5 N–H and O–H groups in total. The van der Waals surface area contributed by atoms with Crippen LogP contribution < -0.4 is 15.5 Å². The lowest BCUT2D eigenvalue weighted by Gasteiger charge is -2.11. The Bertz CT molecular complexity index is 301. The Morgan fingerprint density at radius 1 is 1.25 bits per heavy atom. The zero-order valence-electron chi connectivity index (χ0n) is 5.37. The third kappa shape index (κ3) is 3.50. The number of hydrogen-bond acceptors (Lipinski definition) is 3. The molecule has 6 nitrogen and oxygen atoms in total. The highest BCUT2D eigenvalue weighted by Gasteiger charge is 2.47. The maximum atomic E-state index is 11.5. The molecule has 0 radical (unpaired) electrons. The minimum absolute atomic E-state index is 0.594. The van der Waals surface area contributed by atoms with E-state index in [9.17, 15) is 26.2 Å². The maximum Gasteiger partial charge on any atom is 0.511 e. The van der Waals surface area contributed by atoms with Crippen molar-refractivity contribution in [2.24, 2.45) is 11.0 Å². The van der Waals surface area contributed by atoms with Crippen LogP contribution in [0, 0.1) is 0 Å². The van der Waals surface area contributed by atoms with Gasteiger partial charge < -0.3 is 0 Å². The first kappa shape index (κ1) is 11.8. The molecule has 0 aliphatic heterocycles. The Morgan fingerprint density at radius 2 is 1.58 bits per heavy atom. The van der Waals surface area contributed by atoms with E-state index in [1.165, 1.54) is 0 Å². The average molecular weight is 227 g/mol. The zero-order valence-corrected chi connectivity index (χ0v) is 7.08. The Labute approximate surface area is 65.7 Å². The maximum absolute atomic E-state index is 11.5. The van der Waals surface area contributed by atoms with E-state index in [4.69, 9.17) is 0 Å². The lowest BCUT2D eigenvalue weighted by molar-refractivity contribution is -0.0441. The van der Waals surface area contributed by atoms with E-state index >= 15 is 0 Å². The second-order valence-corrected chi connectivity index (χ2v) is 5.37. The van der Waals surface area contributed by atoms with Crippen LogP contribution in [0.25, 0.3) is 0 Å². The first-order valence-electron chi connectivity index (χ1n) is 2.23. The molecule has 74 valence electrons. The van der Waals surface area contributed by atoms with E-state index in [2.05, 4.69) is 11.0 Å². The second-order valence-electron chi connectivity index (χ2n) is 1.75. The number of sulfonamides is 1. The van der Waals surface area contributed by atoms with E-state index in [0.717, 1.165) is 0 Å². The van der Waals surface area contributed by atoms with Crippen LogP contribution in [0.1, 0.15) is 0 Å². The fourth-order valence-corrected chi connectivity index (χ4v) is 2.16. The van der Waals surface area contributed by atoms with Gasteiger partial charge in [-0.1, -0.05) is 0 Å². The van der Waals surface area contributed by atoms with Crippen molar-refractivity contribution in [3.05, 3.63) is 0 Å². The summed E-state index contributed by atoms with van der Waals surface area (Å²) in [4.78, 5) is 0. The van der Waals surface area contributed by atoms with Crippen LogP contribution in [-0.4, -0.2) is 13.9 Å². The quantitative estimate of drug-likeness (QED) is 0.547. The molecular formula is CH5F3N3O3PS. The van der Waals surface area contributed by atoms with Gasteiger partial charge in [-0.3, -0.25) is 15.6 Å². The number of halogens is 3. The highest BCUT2D eigenvalue weighted by Crippen LogP contribution is 2.29. The molecule has 0 unspecified atom stereocenters. The van der Waals surface area contributed by atoms with Crippen LogP contribution in [0.4, 0.5) is 13.2 Å². The van der Waals surface area contributed by atoms with Crippen molar-refractivity contribution < 1.29 is 26.2 Å². The van der Waals surface area contributed by atoms with Gasteiger partial charge in [-0.25, -0.2) is 8.42 Å². The summed E-state index contributed by atoms with van der Waals surface area (Å²) in [5, 5.41) is 0. The summed E-state index contributed by atoms with van der Waals surface area (Å²) >= 11 is 0. The molecular weight excluding hydrogens is 222 g/mol. The van der Waals surface area contributed by atoms with Gasteiger partial charge in [0.05, 0.1) is 0 Å². The lowest BCUT2D eigenvalue weighted by Crippen LogP contribution is -2.38. The van der Waals surface area contributed by atoms with Gasteiger partial charge in [-0.05, 0) is 0 Å². The van der Waals surface area contributed by atoms with E-state index in [1.54, 1.807) is 0 Å². The van der Waals surface area contributed by atoms with Crippen LogP contribution in [0.3, 0.4) is 0 Å². The molecule has 12 heavy (non-hydrogen) atoms. The van der Waals surface area contributed by atoms with Gasteiger partial charge in [0.2, 0.25) is 0 Å². The van der Waals surface area contributed by atoms with E-state index in [-0.39, 0.29) is 0 Å². The van der Waals surface area contributed by atoms with Gasteiger partial charge in [0.1, 0.15) is 0 Å².